The zero-order valence-electron chi connectivity index (χ0n) is 25.0. The van der Waals surface area contributed by atoms with Crippen molar-refractivity contribution in [2.24, 2.45) is 0 Å². The lowest BCUT2D eigenvalue weighted by Crippen LogP contribution is -2.46. The second kappa shape index (κ2) is 12.6. The van der Waals surface area contributed by atoms with Crippen LogP contribution in [-0.2, 0) is 36.2 Å². The Bertz CT molecular complexity index is 1960. The predicted octanol–water partition coefficient (Wildman–Crippen LogP) is 5.42. The molecule has 0 spiro atoms. The summed E-state index contributed by atoms with van der Waals surface area (Å²) in [5.74, 6) is 0.314. The summed E-state index contributed by atoms with van der Waals surface area (Å²) in [6, 6.07) is 25.6. The van der Waals surface area contributed by atoms with Gasteiger partial charge in [-0.3, -0.25) is 4.90 Å². The third-order valence-corrected chi connectivity index (χ3v) is 10.2. The molecule has 12 heteroatoms. The smallest absolute Gasteiger partial charge is 0.247 e. The van der Waals surface area contributed by atoms with E-state index in [-0.39, 0.29) is 35.4 Å². The van der Waals surface area contributed by atoms with Gasteiger partial charge in [0.25, 0.3) is 0 Å². The lowest BCUT2D eigenvalue weighted by Gasteiger charge is -2.36. The van der Waals surface area contributed by atoms with Gasteiger partial charge < -0.3 is 9.64 Å². The molecule has 7 rings (SSSR count). The Morgan fingerprint density at radius 1 is 0.783 bits per heavy atom. The minimum Gasteiger partial charge on any atom is -0.456 e. The monoisotopic (exact) mass is 642 g/mol. The molecule has 46 heavy (non-hydrogen) atoms. The van der Waals surface area contributed by atoms with E-state index in [0.29, 0.717) is 43.2 Å². The number of rotatable bonds is 7. The second-order valence-electron chi connectivity index (χ2n) is 11.5. The van der Waals surface area contributed by atoms with Crippen LogP contribution in [0.3, 0.4) is 0 Å². The van der Waals surface area contributed by atoms with Crippen molar-refractivity contribution in [1.82, 2.24) is 24.2 Å². The first kappa shape index (κ1) is 30.0. The molecule has 5 aromatic rings. The summed E-state index contributed by atoms with van der Waals surface area (Å²) < 4.78 is 65.1. The van der Waals surface area contributed by atoms with Crippen molar-refractivity contribution in [2.75, 3.05) is 31.1 Å². The number of halogens is 2. The number of hydrogen-bond acceptors (Lipinski definition) is 7. The molecule has 0 N–H and O–H groups in total. The van der Waals surface area contributed by atoms with Crippen LogP contribution in [-0.4, -0.2) is 58.8 Å². The Morgan fingerprint density at radius 2 is 1.54 bits per heavy atom. The summed E-state index contributed by atoms with van der Waals surface area (Å²) in [6.45, 7) is 3.90. The highest BCUT2D eigenvalue weighted by atomic mass is 32.2. The molecule has 2 aliphatic rings. The van der Waals surface area contributed by atoms with Crippen LogP contribution in [0, 0.1) is 11.6 Å². The van der Waals surface area contributed by atoms with Crippen molar-refractivity contribution in [1.29, 1.82) is 0 Å². The first-order valence-electron chi connectivity index (χ1n) is 15.1. The van der Waals surface area contributed by atoms with Crippen molar-refractivity contribution >= 4 is 15.7 Å². The molecule has 4 aromatic carbocycles. The van der Waals surface area contributed by atoms with Crippen LogP contribution in [0.1, 0.15) is 22.4 Å². The molecule has 1 aromatic heterocycles. The standard InChI is InChI=1S/C34H32F2N6O3S/c35-28-11-9-25(10-12-28)20-41-23-29(37-38-41)24-42-22-27-6-2-4-8-32(27)45-33-19-30(13-14-34(33)46(42,43)44)40-17-15-39(16-18-40)21-26-5-1-3-7-31(26)36/h1-14,19,23H,15-18,20-22,24H2. The molecule has 3 heterocycles. The van der Waals surface area contributed by atoms with E-state index in [4.69, 9.17) is 4.74 Å². The molecule has 0 aliphatic carbocycles. The fraction of sp³-hybridized carbons (Fsp3) is 0.235. The van der Waals surface area contributed by atoms with Gasteiger partial charge in [-0.15, -0.1) is 5.10 Å². The first-order chi connectivity index (χ1) is 22.3. The van der Waals surface area contributed by atoms with E-state index in [1.54, 1.807) is 41.2 Å². The van der Waals surface area contributed by atoms with Crippen LogP contribution in [0.15, 0.2) is 102 Å². The van der Waals surface area contributed by atoms with Gasteiger partial charge in [0, 0.05) is 62.1 Å². The number of anilines is 1. The Labute approximate surface area is 266 Å². The van der Waals surface area contributed by atoms with E-state index in [9.17, 15) is 17.2 Å². The number of nitrogens with zero attached hydrogens (tertiary/aromatic N) is 6. The number of ether oxygens (including phenoxy) is 1. The Kier molecular flexibility index (Phi) is 8.24. The number of fused-ring (bicyclic) bond motifs is 2. The molecule has 1 saturated heterocycles. The van der Waals surface area contributed by atoms with E-state index >= 15 is 0 Å². The van der Waals surface area contributed by atoms with Crippen molar-refractivity contribution in [3.8, 4) is 11.5 Å². The number of benzene rings is 4. The van der Waals surface area contributed by atoms with E-state index in [1.165, 1.54) is 22.5 Å². The lowest BCUT2D eigenvalue weighted by molar-refractivity contribution is 0.246. The molecule has 2 aliphatic heterocycles. The van der Waals surface area contributed by atoms with Crippen molar-refractivity contribution < 1.29 is 21.9 Å². The zero-order chi connectivity index (χ0) is 31.7. The molecule has 0 radical (unpaired) electrons. The minimum absolute atomic E-state index is 0.00520. The van der Waals surface area contributed by atoms with Crippen LogP contribution < -0.4 is 9.64 Å². The van der Waals surface area contributed by atoms with Crippen LogP contribution in [0.25, 0.3) is 0 Å². The van der Waals surface area contributed by atoms with Gasteiger partial charge in [0.1, 0.15) is 28.0 Å². The van der Waals surface area contributed by atoms with Crippen molar-refractivity contribution in [2.45, 2.75) is 31.1 Å². The summed E-state index contributed by atoms with van der Waals surface area (Å²) in [7, 11) is -4.01. The molecule has 0 bridgehead atoms. The van der Waals surface area contributed by atoms with Gasteiger partial charge in [0.15, 0.2) is 0 Å². The van der Waals surface area contributed by atoms with Crippen molar-refractivity contribution in [3.05, 3.63) is 131 Å². The van der Waals surface area contributed by atoms with E-state index in [2.05, 4.69) is 20.1 Å². The molecule has 0 atom stereocenters. The maximum absolute atomic E-state index is 14.2. The van der Waals surface area contributed by atoms with Crippen LogP contribution >= 0.6 is 0 Å². The van der Waals surface area contributed by atoms with Gasteiger partial charge in [0.2, 0.25) is 10.0 Å². The number of hydrogen-bond donors (Lipinski definition) is 0. The highest BCUT2D eigenvalue weighted by Gasteiger charge is 2.33. The molecule has 236 valence electrons. The van der Waals surface area contributed by atoms with Gasteiger partial charge in [-0.05, 0) is 42.0 Å². The summed E-state index contributed by atoms with van der Waals surface area (Å²) in [6.07, 6.45) is 1.70. The van der Waals surface area contributed by atoms with Gasteiger partial charge in [0.05, 0.1) is 25.0 Å². The summed E-state index contributed by atoms with van der Waals surface area (Å²) in [5, 5.41) is 8.41. The van der Waals surface area contributed by atoms with Crippen LogP contribution in [0.2, 0.25) is 0 Å². The molecular formula is C34H32F2N6O3S. The van der Waals surface area contributed by atoms with Gasteiger partial charge in [-0.2, -0.15) is 4.31 Å². The molecule has 9 nitrogen and oxygen atoms in total. The van der Waals surface area contributed by atoms with E-state index < -0.39 is 10.0 Å². The predicted molar refractivity (Wildman–Crippen MR) is 169 cm³/mol. The summed E-state index contributed by atoms with van der Waals surface area (Å²) in [4.78, 5) is 4.48. The number of sulfonamides is 1. The third kappa shape index (κ3) is 6.37. The summed E-state index contributed by atoms with van der Waals surface area (Å²) in [5.41, 5.74) is 3.58. The Morgan fingerprint density at radius 3 is 2.35 bits per heavy atom. The largest absolute Gasteiger partial charge is 0.456 e. The van der Waals surface area contributed by atoms with E-state index in [1.807, 2.05) is 42.5 Å². The maximum Gasteiger partial charge on any atom is 0.247 e. The average molecular weight is 643 g/mol. The molecule has 1 fully saturated rings. The normalized spacial score (nSPS) is 16.6. The van der Waals surface area contributed by atoms with Gasteiger partial charge in [-0.25, -0.2) is 21.9 Å². The molecule has 0 saturated carbocycles. The maximum atomic E-state index is 14.2. The molecule has 0 amide bonds. The van der Waals surface area contributed by atoms with Gasteiger partial charge >= 0.3 is 0 Å². The van der Waals surface area contributed by atoms with Crippen LogP contribution in [0.4, 0.5) is 14.5 Å². The van der Waals surface area contributed by atoms with E-state index in [0.717, 1.165) is 29.9 Å². The fourth-order valence-corrected chi connectivity index (χ4v) is 7.36. The molecular weight excluding hydrogens is 610 g/mol. The number of para-hydroxylation sites is 1. The second-order valence-corrected chi connectivity index (χ2v) is 13.4. The quantitative estimate of drug-likeness (QED) is 0.234. The fourth-order valence-electron chi connectivity index (χ4n) is 5.87. The summed E-state index contributed by atoms with van der Waals surface area (Å²) >= 11 is 0. The minimum atomic E-state index is -4.01. The third-order valence-electron chi connectivity index (χ3n) is 8.36. The number of aromatic nitrogens is 3. The van der Waals surface area contributed by atoms with Gasteiger partial charge in [-0.1, -0.05) is 53.7 Å². The average Bonchev–Trinajstić information content (AvgIpc) is 3.50. The zero-order valence-corrected chi connectivity index (χ0v) is 25.8. The lowest BCUT2D eigenvalue weighted by atomic mass is 10.1. The first-order valence-corrected chi connectivity index (χ1v) is 16.5. The highest BCUT2D eigenvalue weighted by molar-refractivity contribution is 7.89. The van der Waals surface area contributed by atoms with Crippen molar-refractivity contribution in [3.63, 3.8) is 0 Å². The SMILES string of the molecule is O=S1(=O)c2ccc(N3CCN(Cc4ccccc4F)CC3)cc2Oc2ccccc2CN1Cc1cn(Cc2ccc(F)cc2)nn1. The highest BCUT2D eigenvalue weighted by Crippen LogP contribution is 2.39. The topological polar surface area (TPSA) is 83.8 Å². The molecule has 0 unspecified atom stereocenters. The van der Waals surface area contributed by atoms with Crippen LogP contribution in [0.5, 0.6) is 11.5 Å². The number of piperazine rings is 1. The Balaban J connectivity index is 1.12. The Hall–Kier alpha value is -4.65.